The zero-order valence-electron chi connectivity index (χ0n) is 14.4. The van der Waals surface area contributed by atoms with Crippen LogP contribution in [0.1, 0.15) is 0 Å². The van der Waals surface area contributed by atoms with Gasteiger partial charge in [-0.1, -0.05) is 36.4 Å². The van der Waals surface area contributed by atoms with E-state index < -0.39 is 0 Å². The van der Waals surface area contributed by atoms with Crippen molar-refractivity contribution in [3.05, 3.63) is 84.9 Å². The molecule has 1 aliphatic heterocycles. The van der Waals surface area contributed by atoms with Crippen molar-refractivity contribution in [3.63, 3.8) is 0 Å². The molecule has 0 amide bonds. The lowest BCUT2D eigenvalue weighted by atomic mass is 10.3. The Bertz CT molecular complexity index is 760. The molecule has 0 aliphatic carbocycles. The molecular formula is C22H21O3S+. The summed E-state index contributed by atoms with van der Waals surface area (Å²) in [6.07, 6.45) is -0.323. The summed E-state index contributed by atoms with van der Waals surface area (Å²) in [4.78, 5) is 3.86. The van der Waals surface area contributed by atoms with Crippen LogP contribution in [0, 0.1) is 0 Å². The molecule has 0 N–H and O–H groups in total. The first kappa shape index (κ1) is 17.2. The normalized spacial score (nSPS) is 17.2. The third kappa shape index (κ3) is 4.10. The van der Waals surface area contributed by atoms with Gasteiger partial charge in [0.25, 0.3) is 0 Å². The van der Waals surface area contributed by atoms with Crippen LogP contribution in [0.4, 0.5) is 0 Å². The molecule has 0 aromatic heterocycles. The fourth-order valence-electron chi connectivity index (χ4n) is 2.86. The molecule has 4 heteroatoms. The van der Waals surface area contributed by atoms with E-state index in [9.17, 15) is 0 Å². The first-order valence-corrected chi connectivity index (χ1v) is 9.93. The Morgan fingerprint density at radius 3 is 1.81 bits per heavy atom. The van der Waals surface area contributed by atoms with Crippen LogP contribution in [0.2, 0.25) is 0 Å². The highest BCUT2D eigenvalue weighted by atomic mass is 32.2. The van der Waals surface area contributed by atoms with Crippen LogP contribution in [-0.4, -0.2) is 26.1 Å². The quantitative estimate of drug-likeness (QED) is 0.622. The molecule has 1 fully saturated rings. The van der Waals surface area contributed by atoms with E-state index in [1.54, 1.807) is 0 Å². The fourth-order valence-corrected chi connectivity index (χ4v) is 4.95. The molecule has 132 valence electrons. The predicted octanol–water partition coefficient (Wildman–Crippen LogP) is 4.53. The summed E-state index contributed by atoms with van der Waals surface area (Å²) in [7, 11) is -0.141. The molecule has 0 bridgehead atoms. The summed E-state index contributed by atoms with van der Waals surface area (Å²) in [5.41, 5.74) is 0. The van der Waals surface area contributed by atoms with Crippen LogP contribution in [0.25, 0.3) is 0 Å². The van der Waals surface area contributed by atoms with Crippen LogP contribution in [0.5, 0.6) is 5.75 Å². The summed E-state index contributed by atoms with van der Waals surface area (Å²) >= 11 is 0. The van der Waals surface area contributed by atoms with Crippen molar-refractivity contribution in [2.75, 3.05) is 19.8 Å². The highest BCUT2D eigenvalue weighted by Gasteiger charge is 2.28. The van der Waals surface area contributed by atoms with E-state index >= 15 is 0 Å². The summed E-state index contributed by atoms with van der Waals surface area (Å²) in [6.45, 7) is 1.68. The van der Waals surface area contributed by atoms with E-state index in [1.807, 2.05) is 12.1 Å². The maximum Gasteiger partial charge on any atom is 0.223 e. The lowest BCUT2D eigenvalue weighted by Gasteiger charge is -2.23. The smallest absolute Gasteiger partial charge is 0.223 e. The van der Waals surface area contributed by atoms with Crippen molar-refractivity contribution in [2.45, 2.75) is 21.0 Å². The number of rotatable bonds is 5. The average Bonchev–Trinajstić information content (AvgIpc) is 2.72. The number of benzene rings is 3. The van der Waals surface area contributed by atoms with Gasteiger partial charge < -0.3 is 14.2 Å². The first-order chi connectivity index (χ1) is 12.9. The van der Waals surface area contributed by atoms with Gasteiger partial charge in [0.2, 0.25) is 6.29 Å². The Kier molecular flexibility index (Phi) is 5.55. The second kappa shape index (κ2) is 8.41. The van der Waals surface area contributed by atoms with Crippen molar-refractivity contribution < 1.29 is 14.2 Å². The Hall–Kier alpha value is -2.27. The van der Waals surface area contributed by atoms with E-state index in [0.29, 0.717) is 19.8 Å². The first-order valence-electron chi connectivity index (χ1n) is 8.70. The molecule has 3 nitrogen and oxygen atoms in total. The van der Waals surface area contributed by atoms with Crippen LogP contribution in [-0.2, 0) is 20.4 Å². The molecule has 1 aliphatic rings. The number of hydrogen-bond donors (Lipinski definition) is 0. The highest BCUT2D eigenvalue weighted by molar-refractivity contribution is 7.97. The van der Waals surface area contributed by atoms with Gasteiger partial charge in [0.05, 0.1) is 24.1 Å². The summed E-state index contributed by atoms with van der Waals surface area (Å²) in [6, 6.07) is 29.5. The summed E-state index contributed by atoms with van der Waals surface area (Å²) in [5.74, 6) is 0.800. The zero-order chi connectivity index (χ0) is 17.6. The van der Waals surface area contributed by atoms with Crippen molar-refractivity contribution in [1.29, 1.82) is 0 Å². The Morgan fingerprint density at radius 1 is 0.692 bits per heavy atom. The van der Waals surface area contributed by atoms with E-state index in [0.717, 1.165) is 5.75 Å². The van der Waals surface area contributed by atoms with Gasteiger partial charge in [0.1, 0.15) is 12.4 Å². The molecule has 0 saturated carbocycles. The zero-order valence-corrected chi connectivity index (χ0v) is 15.2. The summed E-state index contributed by atoms with van der Waals surface area (Å²) in [5, 5.41) is 0. The van der Waals surface area contributed by atoms with Gasteiger partial charge in [0, 0.05) is 0 Å². The third-order valence-corrected chi connectivity index (χ3v) is 6.30. The minimum atomic E-state index is -0.323. The minimum absolute atomic E-state index is 0.141. The lowest BCUT2D eigenvalue weighted by molar-refractivity contribution is -0.170. The maximum atomic E-state index is 5.86. The van der Waals surface area contributed by atoms with Crippen LogP contribution < -0.4 is 4.74 Å². The van der Waals surface area contributed by atoms with Gasteiger partial charge in [-0.25, -0.2) is 0 Å². The number of hydrogen-bond acceptors (Lipinski definition) is 3. The van der Waals surface area contributed by atoms with Crippen molar-refractivity contribution in [1.82, 2.24) is 0 Å². The average molecular weight is 365 g/mol. The molecular weight excluding hydrogens is 344 g/mol. The molecule has 3 aromatic carbocycles. The molecule has 1 unspecified atom stereocenters. The fraction of sp³-hybridized carbons (Fsp3) is 0.182. The van der Waals surface area contributed by atoms with Gasteiger partial charge >= 0.3 is 0 Å². The van der Waals surface area contributed by atoms with Crippen molar-refractivity contribution >= 4 is 10.9 Å². The van der Waals surface area contributed by atoms with Gasteiger partial charge in [0.15, 0.2) is 14.7 Å². The maximum absolute atomic E-state index is 5.86. The second-order valence-electron chi connectivity index (χ2n) is 5.90. The molecule has 0 radical (unpaired) electrons. The van der Waals surface area contributed by atoms with Gasteiger partial charge in [-0.3, -0.25) is 0 Å². The Morgan fingerprint density at radius 2 is 1.27 bits per heavy atom. The topological polar surface area (TPSA) is 27.7 Å². The van der Waals surface area contributed by atoms with Gasteiger partial charge in [-0.05, 0) is 48.5 Å². The van der Waals surface area contributed by atoms with Crippen LogP contribution in [0.15, 0.2) is 99.6 Å². The second-order valence-corrected chi connectivity index (χ2v) is 7.92. The van der Waals surface area contributed by atoms with E-state index in [-0.39, 0.29) is 17.2 Å². The highest BCUT2D eigenvalue weighted by Crippen LogP contribution is 2.32. The summed E-state index contributed by atoms with van der Waals surface area (Å²) < 4.78 is 16.8. The Labute approximate surface area is 156 Å². The lowest BCUT2D eigenvalue weighted by Crippen LogP contribution is -2.33. The van der Waals surface area contributed by atoms with Crippen LogP contribution >= 0.6 is 0 Å². The molecule has 1 saturated heterocycles. The van der Waals surface area contributed by atoms with Crippen molar-refractivity contribution in [2.24, 2.45) is 0 Å². The third-order valence-electron chi connectivity index (χ3n) is 4.07. The van der Waals surface area contributed by atoms with Crippen LogP contribution in [0.3, 0.4) is 0 Å². The predicted molar refractivity (Wildman–Crippen MR) is 103 cm³/mol. The monoisotopic (exact) mass is 365 g/mol. The molecule has 3 aromatic rings. The van der Waals surface area contributed by atoms with E-state index in [2.05, 4.69) is 72.8 Å². The van der Waals surface area contributed by atoms with Crippen molar-refractivity contribution in [3.8, 4) is 5.75 Å². The number of ether oxygens (including phenoxy) is 3. The SMILES string of the molecule is c1ccc([S+](c2ccccc2)c2ccc(OC3COCCO3)cc2)cc1. The van der Waals surface area contributed by atoms with Gasteiger partial charge in [-0.15, -0.1) is 0 Å². The Balaban J connectivity index is 1.59. The minimum Gasteiger partial charge on any atom is -0.462 e. The standard InChI is InChI=1S/C22H21O3S/c1-3-7-19(8-4-1)26(20-9-5-2-6-10-20)21-13-11-18(12-14-21)25-22-17-23-15-16-24-22/h1-14,22H,15-17H2/q+1. The van der Waals surface area contributed by atoms with E-state index in [4.69, 9.17) is 14.2 Å². The molecule has 1 atom stereocenters. The largest absolute Gasteiger partial charge is 0.462 e. The van der Waals surface area contributed by atoms with E-state index in [1.165, 1.54) is 14.7 Å². The molecule has 1 heterocycles. The van der Waals surface area contributed by atoms with Gasteiger partial charge in [-0.2, -0.15) is 0 Å². The molecule has 0 spiro atoms. The molecule has 4 rings (SSSR count). The molecule has 26 heavy (non-hydrogen) atoms.